The molecule has 1 heterocycles. The lowest BCUT2D eigenvalue weighted by atomic mass is 10.0. The minimum atomic E-state index is -0.475. The Balaban J connectivity index is 0.00000306. The molecular formula is C27H27BrNO4-. The average molecular weight is 509 g/mol. The van der Waals surface area contributed by atoms with Crippen LogP contribution in [0.3, 0.4) is 0 Å². The third-order valence-corrected chi connectivity index (χ3v) is 5.71. The molecule has 33 heavy (non-hydrogen) atoms. The van der Waals surface area contributed by atoms with Crippen molar-refractivity contribution in [1.82, 2.24) is 5.32 Å². The van der Waals surface area contributed by atoms with Crippen molar-refractivity contribution in [1.29, 1.82) is 0 Å². The summed E-state index contributed by atoms with van der Waals surface area (Å²) in [5.41, 5.74) is 0.991. The van der Waals surface area contributed by atoms with Gasteiger partial charge in [-0.05, 0) is 41.5 Å². The summed E-state index contributed by atoms with van der Waals surface area (Å²) in [6, 6.07) is 17.9. The number of nitrogens with one attached hydrogen (secondary N) is 1. The zero-order valence-corrected chi connectivity index (χ0v) is 20.2. The van der Waals surface area contributed by atoms with E-state index in [0.29, 0.717) is 28.6 Å². The molecule has 6 heteroatoms. The number of aromatic hydroxyl groups is 1. The number of rotatable bonds is 8. The first-order valence-electron chi connectivity index (χ1n) is 11.2. The number of unbranched alkanes of at least 4 members (excludes halogenated alkanes) is 4. The van der Waals surface area contributed by atoms with Crippen LogP contribution >= 0.6 is 0 Å². The van der Waals surface area contributed by atoms with Gasteiger partial charge >= 0.3 is 0 Å². The predicted molar refractivity (Wildman–Crippen MR) is 128 cm³/mol. The van der Waals surface area contributed by atoms with E-state index in [-0.39, 0.29) is 28.6 Å². The van der Waals surface area contributed by atoms with Crippen LogP contribution in [0.5, 0.6) is 5.75 Å². The van der Waals surface area contributed by atoms with Gasteiger partial charge in [-0.3, -0.25) is 9.59 Å². The molecule has 5 nitrogen and oxygen atoms in total. The molecule has 0 atom stereocenters. The Morgan fingerprint density at radius 2 is 1.61 bits per heavy atom. The van der Waals surface area contributed by atoms with Gasteiger partial charge in [-0.15, -0.1) is 0 Å². The molecular weight excluding hydrogens is 482 g/mol. The van der Waals surface area contributed by atoms with Crippen LogP contribution in [-0.2, 0) is 0 Å². The predicted octanol–water partition coefficient (Wildman–Crippen LogP) is 3.02. The third-order valence-electron chi connectivity index (χ3n) is 5.71. The summed E-state index contributed by atoms with van der Waals surface area (Å²) >= 11 is 0. The maximum absolute atomic E-state index is 12.8. The maximum atomic E-state index is 12.8. The van der Waals surface area contributed by atoms with Crippen LogP contribution in [0.25, 0.3) is 33.1 Å². The Labute approximate surface area is 203 Å². The SMILES string of the molecule is CCCCCCCNC(=O)c1ccc(-c2oc3cc4ccccc4cc3c(=O)c2O)cc1.[Br-]. The van der Waals surface area contributed by atoms with E-state index in [1.807, 2.05) is 24.3 Å². The fourth-order valence-corrected chi connectivity index (χ4v) is 3.87. The summed E-state index contributed by atoms with van der Waals surface area (Å²) in [5, 5.41) is 15.6. The molecule has 0 fully saturated rings. The molecule has 0 aliphatic heterocycles. The van der Waals surface area contributed by atoms with Crippen molar-refractivity contribution in [2.45, 2.75) is 39.0 Å². The van der Waals surface area contributed by atoms with Gasteiger partial charge in [0, 0.05) is 17.7 Å². The highest BCUT2D eigenvalue weighted by Crippen LogP contribution is 2.31. The van der Waals surface area contributed by atoms with Crippen LogP contribution in [0.4, 0.5) is 0 Å². The number of carbonyl (C=O) groups excluding carboxylic acids is 1. The zero-order valence-electron chi connectivity index (χ0n) is 18.6. The highest BCUT2D eigenvalue weighted by atomic mass is 79.9. The number of halogens is 1. The van der Waals surface area contributed by atoms with Gasteiger partial charge in [0.1, 0.15) is 5.58 Å². The van der Waals surface area contributed by atoms with E-state index in [2.05, 4.69) is 12.2 Å². The molecule has 0 saturated heterocycles. The number of hydrogen-bond donors (Lipinski definition) is 2. The van der Waals surface area contributed by atoms with Crippen LogP contribution in [0.1, 0.15) is 49.4 Å². The summed E-state index contributed by atoms with van der Waals surface area (Å²) in [6.07, 6.45) is 5.69. The highest BCUT2D eigenvalue weighted by molar-refractivity contribution is 5.97. The first kappa shape index (κ1) is 24.5. The highest BCUT2D eigenvalue weighted by Gasteiger charge is 2.16. The summed E-state index contributed by atoms with van der Waals surface area (Å²) in [6.45, 7) is 2.83. The van der Waals surface area contributed by atoms with Crippen molar-refractivity contribution in [2.75, 3.05) is 6.54 Å². The maximum Gasteiger partial charge on any atom is 0.251 e. The monoisotopic (exact) mass is 508 g/mol. The van der Waals surface area contributed by atoms with Gasteiger partial charge in [0.2, 0.25) is 11.2 Å². The summed E-state index contributed by atoms with van der Waals surface area (Å²) in [5.74, 6) is -0.472. The van der Waals surface area contributed by atoms with Gasteiger partial charge in [-0.2, -0.15) is 0 Å². The second-order valence-electron chi connectivity index (χ2n) is 8.05. The molecule has 0 saturated carbocycles. The van der Waals surface area contributed by atoms with E-state index in [0.717, 1.165) is 23.6 Å². The Kier molecular flexibility index (Phi) is 8.28. The summed E-state index contributed by atoms with van der Waals surface area (Å²) in [7, 11) is 0. The smallest absolute Gasteiger partial charge is 0.251 e. The van der Waals surface area contributed by atoms with E-state index in [1.54, 1.807) is 36.4 Å². The van der Waals surface area contributed by atoms with Crippen molar-refractivity contribution in [3.8, 4) is 17.1 Å². The fraction of sp³-hybridized carbons (Fsp3) is 0.259. The molecule has 1 amide bonds. The summed E-state index contributed by atoms with van der Waals surface area (Å²) in [4.78, 5) is 25.1. The Morgan fingerprint density at radius 1 is 0.939 bits per heavy atom. The molecule has 0 spiro atoms. The lowest BCUT2D eigenvalue weighted by Crippen LogP contribution is -3.00. The number of carbonyl (C=O) groups is 1. The van der Waals surface area contributed by atoms with Crippen molar-refractivity contribution in [3.05, 3.63) is 76.5 Å². The van der Waals surface area contributed by atoms with Crippen LogP contribution in [0.2, 0.25) is 0 Å². The normalized spacial score (nSPS) is 10.8. The van der Waals surface area contributed by atoms with E-state index in [4.69, 9.17) is 4.42 Å². The molecule has 172 valence electrons. The van der Waals surface area contributed by atoms with Gasteiger partial charge in [0.05, 0.1) is 5.39 Å². The molecule has 0 aliphatic carbocycles. The minimum Gasteiger partial charge on any atom is -1.00 e. The average Bonchev–Trinajstić information content (AvgIpc) is 2.82. The van der Waals surface area contributed by atoms with E-state index < -0.39 is 11.2 Å². The van der Waals surface area contributed by atoms with Gasteiger partial charge in [0.25, 0.3) is 5.91 Å². The second-order valence-corrected chi connectivity index (χ2v) is 8.05. The first-order valence-corrected chi connectivity index (χ1v) is 11.2. The Bertz CT molecular complexity index is 1310. The molecule has 0 radical (unpaired) electrons. The van der Waals surface area contributed by atoms with Crippen molar-refractivity contribution in [2.24, 2.45) is 0 Å². The van der Waals surface area contributed by atoms with E-state index >= 15 is 0 Å². The lowest BCUT2D eigenvalue weighted by molar-refractivity contribution is -0.0000161. The van der Waals surface area contributed by atoms with Gasteiger partial charge in [-0.25, -0.2) is 0 Å². The quantitative estimate of drug-likeness (QED) is 0.283. The van der Waals surface area contributed by atoms with Gasteiger partial charge in [0.15, 0.2) is 5.76 Å². The van der Waals surface area contributed by atoms with Gasteiger partial charge in [-0.1, -0.05) is 69.0 Å². The number of amides is 1. The number of hydrogen-bond acceptors (Lipinski definition) is 4. The molecule has 1 aromatic heterocycles. The first-order chi connectivity index (χ1) is 15.6. The molecule has 4 rings (SSSR count). The zero-order chi connectivity index (χ0) is 22.5. The second kappa shape index (κ2) is 11.1. The fourth-order valence-electron chi connectivity index (χ4n) is 3.87. The Hall–Kier alpha value is -3.12. The molecule has 3 aromatic carbocycles. The summed E-state index contributed by atoms with van der Waals surface area (Å²) < 4.78 is 5.93. The molecule has 0 bridgehead atoms. The lowest BCUT2D eigenvalue weighted by Gasteiger charge is -2.09. The van der Waals surface area contributed by atoms with E-state index in [9.17, 15) is 14.7 Å². The van der Waals surface area contributed by atoms with Crippen LogP contribution in [0.15, 0.2) is 69.9 Å². The topological polar surface area (TPSA) is 79.5 Å². The van der Waals surface area contributed by atoms with Crippen LogP contribution < -0.4 is 27.7 Å². The van der Waals surface area contributed by atoms with Gasteiger partial charge < -0.3 is 31.8 Å². The van der Waals surface area contributed by atoms with Crippen LogP contribution in [-0.4, -0.2) is 17.6 Å². The number of benzene rings is 3. The van der Waals surface area contributed by atoms with E-state index in [1.165, 1.54) is 19.3 Å². The van der Waals surface area contributed by atoms with Crippen molar-refractivity contribution < 1.29 is 31.3 Å². The molecule has 0 unspecified atom stereocenters. The van der Waals surface area contributed by atoms with Crippen LogP contribution in [0, 0.1) is 0 Å². The number of fused-ring (bicyclic) bond motifs is 2. The molecule has 2 N–H and O–H groups in total. The molecule has 0 aliphatic rings. The minimum absolute atomic E-state index is 0. The Morgan fingerprint density at radius 3 is 2.30 bits per heavy atom. The third kappa shape index (κ3) is 5.45. The van der Waals surface area contributed by atoms with Crippen molar-refractivity contribution in [3.63, 3.8) is 0 Å². The largest absolute Gasteiger partial charge is 1.00 e. The standard InChI is InChI=1S/C27H27NO4.BrH/c1-2-3-4-5-8-15-28-27(31)19-13-11-18(12-14-19)26-25(30)24(29)22-16-20-9-6-7-10-21(20)17-23(22)32-26;/h6-7,9-14,16-17,30H,2-5,8,15H2,1H3,(H,28,31);1H/p-1. The molecule has 4 aromatic rings. The van der Waals surface area contributed by atoms with Crippen molar-refractivity contribution >= 4 is 27.6 Å².